The van der Waals surface area contributed by atoms with Crippen LogP contribution >= 0.6 is 0 Å². The van der Waals surface area contributed by atoms with Gasteiger partial charge in [0.1, 0.15) is 17.4 Å². The Bertz CT molecular complexity index is 1220. The van der Waals surface area contributed by atoms with Crippen molar-refractivity contribution in [3.05, 3.63) is 118 Å². The highest BCUT2D eigenvalue weighted by Gasteiger charge is 2.33. The molecule has 0 spiro atoms. The van der Waals surface area contributed by atoms with Gasteiger partial charge in [0.25, 0.3) is 6.20 Å². The molecule has 3 aromatic carbocycles. The SMILES string of the molecule is O=[N+]([O-])/C=C(/Nc1ccc(OC(F)(F)F)cc1)N1CCOC(C(c2ccc(F)cc2)c2ccc(F)cc2)C1. The maximum atomic E-state index is 13.6. The number of nitrogens with zero attached hydrogens (tertiary/aromatic N) is 2. The molecule has 1 unspecified atom stereocenters. The number of nitro groups is 1. The van der Waals surface area contributed by atoms with Crippen molar-refractivity contribution in [3.8, 4) is 5.75 Å². The van der Waals surface area contributed by atoms with Crippen molar-refractivity contribution in [2.75, 3.05) is 25.0 Å². The summed E-state index contributed by atoms with van der Waals surface area (Å²) in [4.78, 5) is 12.4. The lowest BCUT2D eigenvalue weighted by atomic mass is 9.85. The fourth-order valence-electron chi connectivity index (χ4n) is 4.24. The predicted molar refractivity (Wildman–Crippen MR) is 128 cm³/mol. The van der Waals surface area contributed by atoms with Crippen molar-refractivity contribution < 1.29 is 36.3 Å². The Morgan fingerprint density at radius 1 is 1.00 bits per heavy atom. The number of alkyl halides is 3. The molecule has 0 bridgehead atoms. The molecule has 7 nitrogen and oxygen atoms in total. The largest absolute Gasteiger partial charge is 0.573 e. The first kappa shape index (κ1) is 26.9. The molecule has 3 aromatic rings. The Labute approximate surface area is 214 Å². The Hall–Kier alpha value is -4.19. The Morgan fingerprint density at radius 3 is 2.05 bits per heavy atom. The van der Waals surface area contributed by atoms with Crippen LogP contribution in [0.25, 0.3) is 0 Å². The first-order valence-electron chi connectivity index (χ1n) is 11.4. The molecule has 0 radical (unpaired) electrons. The number of benzene rings is 3. The van der Waals surface area contributed by atoms with Crippen LogP contribution < -0.4 is 10.1 Å². The molecule has 1 aliphatic rings. The number of halogens is 5. The molecule has 38 heavy (non-hydrogen) atoms. The van der Waals surface area contributed by atoms with Gasteiger partial charge >= 0.3 is 6.36 Å². The molecular formula is C26H22F5N3O4. The van der Waals surface area contributed by atoms with E-state index in [4.69, 9.17) is 4.74 Å². The van der Waals surface area contributed by atoms with Crippen molar-refractivity contribution >= 4 is 5.69 Å². The fourth-order valence-corrected chi connectivity index (χ4v) is 4.24. The molecule has 1 atom stereocenters. The third kappa shape index (κ3) is 7.19. The Morgan fingerprint density at radius 2 is 1.55 bits per heavy atom. The van der Waals surface area contributed by atoms with E-state index in [-0.39, 0.29) is 25.5 Å². The van der Waals surface area contributed by atoms with Crippen LogP contribution in [0.1, 0.15) is 17.0 Å². The topological polar surface area (TPSA) is 76.9 Å². The Balaban J connectivity index is 1.59. The van der Waals surface area contributed by atoms with E-state index < -0.39 is 40.7 Å². The molecule has 1 saturated heterocycles. The molecule has 1 fully saturated rings. The first-order valence-corrected chi connectivity index (χ1v) is 11.4. The number of morpholine rings is 1. The summed E-state index contributed by atoms with van der Waals surface area (Å²) in [6.07, 6.45) is -4.65. The van der Waals surface area contributed by atoms with Crippen LogP contribution in [-0.2, 0) is 4.74 Å². The van der Waals surface area contributed by atoms with E-state index in [9.17, 15) is 32.1 Å². The predicted octanol–water partition coefficient (Wildman–Crippen LogP) is 5.88. The highest BCUT2D eigenvalue weighted by Crippen LogP contribution is 2.33. The minimum atomic E-state index is -4.85. The molecule has 0 aromatic heterocycles. The van der Waals surface area contributed by atoms with Gasteiger partial charge in [-0.25, -0.2) is 8.78 Å². The number of rotatable bonds is 8. The van der Waals surface area contributed by atoms with E-state index in [0.29, 0.717) is 16.8 Å². The molecule has 1 aliphatic heterocycles. The van der Waals surface area contributed by atoms with Gasteiger partial charge in [-0.2, -0.15) is 0 Å². The summed E-state index contributed by atoms with van der Waals surface area (Å²) in [5, 5.41) is 14.3. The van der Waals surface area contributed by atoms with Crippen LogP contribution in [0.2, 0.25) is 0 Å². The smallest absolute Gasteiger partial charge is 0.406 e. The van der Waals surface area contributed by atoms with Gasteiger partial charge in [0.2, 0.25) is 0 Å². The normalized spacial score (nSPS) is 16.4. The van der Waals surface area contributed by atoms with Crippen molar-refractivity contribution in [2.45, 2.75) is 18.4 Å². The third-order valence-corrected chi connectivity index (χ3v) is 5.85. The van der Waals surface area contributed by atoms with Gasteiger partial charge in [0.05, 0.1) is 17.6 Å². The lowest BCUT2D eigenvalue weighted by molar-refractivity contribution is -0.404. The molecule has 200 valence electrons. The number of nitrogens with one attached hydrogen (secondary N) is 1. The van der Waals surface area contributed by atoms with E-state index in [2.05, 4.69) is 10.1 Å². The van der Waals surface area contributed by atoms with Crippen LogP contribution in [0.5, 0.6) is 5.75 Å². The number of hydrogen-bond donors (Lipinski definition) is 1. The summed E-state index contributed by atoms with van der Waals surface area (Å²) in [7, 11) is 0. The zero-order chi connectivity index (χ0) is 27.3. The zero-order valence-corrected chi connectivity index (χ0v) is 19.7. The summed E-state index contributed by atoms with van der Waals surface area (Å²) >= 11 is 0. The van der Waals surface area contributed by atoms with Crippen molar-refractivity contribution in [2.24, 2.45) is 0 Å². The molecular weight excluding hydrogens is 513 g/mol. The van der Waals surface area contributed by atoms with Gasteiger partial charge in [-0.3, -0.25) is 10.1 Å². The summed E-state index contributed by atoms with van der Waals surface area (Å²) in [5.41, 5.74) is 1.71. The number of hydrogen-bond acceptors (Lipinski definition) is 6. The van der Waals surface area contributed by atoms with Crippen LogP contribution in [0.15, 0.2) is 84.8 Å². The zero-order valence-electron chi connectivity index (χ0n) is 19.7. The second-order valence-corrected chi connectivity index (χ2v) is 8.43. The van der Waals surface area contributed by atoms with E-state index in [1.807, 2.05) is 0 Å². The van der Waals surface area contributed by atoms with Gasteiger partial charge in [-0.15, -0.1) is 13.2 Å². The van der Waals surface area contributed by atoms with Gasteiger partial charge in [-0.05, 0) is 59.7 Å². The monoisotopic (exact) mass is 535 g/mol. The van der Waals surface area contributed by atoms with Crippen molar-refractivity contribution in [1.29, 1.82) is 0 Å². The molecule has 1 heterocycles. The molecule has 4 rings (SSSR count). The van der Waals surface area contributed by atoms with Crippen molar-refractivity contribution in [1.82, 2.24) is 4.90 Å². The second-order valence-electron chi connectivity index (χ2n) is 8.43. The second kappa shape index (κ2) is 11.5. The summed E-state index contributed by atoms with van der Waals surface area (Å²) in [6.45, 7) is 0.637. The van der Waals surface area contributed by atoms with Crippen LogP contribution in [0.3, 0.4) is 0 Å². The van der Waals surface area contributed by atoms with Gasteiger partial charge < -0.3 is 19.7 Å². The van der Waals surface area contributed by atoms with Crippen LogP contribution in [0.4, 0.5) is 27.6 Å². The summed E-state index contributed by atoms with van der Waals surface area (Å²) in [6, 6.07) is 16.4. The summed E-state index contributed by atoms with van der Waals surface area (Å²) < 4.78 is 74.5. The molecule has 12 heteroatoms. The summed E-state index contributed by atoms with van der Waals surface area (Å²) in [5.74, 6) is -1.65. The third-order valence-electron chi connectivity index (χ3n) is 5.85. The standard InChI is InChI=1S/C26H22F5N3O4/c27-19-5-1-17(2-6-19)25(18-3-7-20(28)8-4-18)23-15-33(13-14-37-23)24(16-34(35)36)32-21-9-11-22(12-10-21)38-26(29,30)31/h1-12,16,23,25,32H,13-15H2/b24-16-. The molecule has 0 aliphatic carbocycles. The quantitative estimate of drug-likeness (QED) is 0.221. The highest BCUT2D eigenvalue weighted by molar-refractivity contribution is 5.50. The van der Waals surface area contributed by atoms with E-state index in [0.717, 1.165) is 18.3 Å². The first-order chi connectivity index (χ1) is 18.1. The van der Waals surface area contributed by atoms with E-state index in [1.165, 1.54) is 36.4 Å². The van der Waals surface area contributed by atoms with E-state index in [1.54, 1.807) is 29.2 Å². The maximum absolute atomic E-state index is 13.6. The minimum absolute atomic E-state index is 0.0877. The maximum Gasteiger partial charge on any atom is 0.573 e. The Kier molecular flexibility index (Phi) is 8.10. The van der Waals surface area contributed by atoms with Crippen LogP contribution in [-0.4, -0.2) is 42.0 Å². The average Bonchev–Trinajstić information content (AvgIpc) is 2.86. The minimum Gasteiger partial charge on any atom is -0.406 e. The van der Waals surface area contributed by atoms with Crippen LogP contribution in [0, 0.1) is 21.7 Å². The average molecular weight is 535 g/mol. The van der Waals surface area contributed by atoms with Gasteiger partial charge in [-0.1, -0.05) is 24.3 Å². The van der Waals surface area contributed by atoms with Gasteiger partial charge in [0.15, 0.2) is 5.82 Å². The lowest BCUT2D eigenvalue weighted by Gasteiger charge is -2.39. The van der Waals surface area contributed by atoms with E-state index >= 15 is 0 Å². The highest BCUT2D eigenvalue weighted by atomic mass is 19.4. The van der Waals surface area contributed by atoms with Gasteiger partial charge in [0, 0.05) is 24.7 Å². The number of anilines is 1. The molecule has 0 saturated carbocycles. The molecule has 0 amide bonds. The fraction of sp³-hybridized carbons (Fsp3) is 0.231. The van der Waals surface area contributed by atoms with Crippen molar-refractivity contribution in [3.63, 3.8) is 0 Å². The number of ether oxygens (including phenoxy) is 2. The lowest BCUT2D eigenvalue weighted by Crippen LogP contribution is -2.46. The molecule has 1 N–H and O–H groups in total.